The molecule has 1 amide bonds. The molecule has 7 nitrogen and oxygen atoms in total. The van der Waals surface area contributed by atoms with Gasteiger partial charge in [-0.25, -0.2) is 0 Å². The summed E-state index contributed by atoms with van der Waals surface area (Å²) in [7, 11) is 1.63. The van der Waals surface area contributed by atoms with Crippen molar-refractivity contribution in [2.75, 3.05) is 20.3 Å². The molecule has 0 saturated carbocycles. The number of amides is 1. The van der Waals surface area contributed by atoms with Crippen LogP contribution in [0.2, 0.25) is 0 Å². The topological polar surface area (TPSA) is 78.3 Å². The van der Waals surface area contributed by atoms with Crippen LogP contribution in [0.1, 0.15) is 12.0 Å². The standard InChI is InChI=1S/C16H20N4O3/c1-22-14-4-3-12-9-13(11-23-15(12)10-14)16(21)17-5-2-7-20-8-6-18-19-20/h3-4,6,8,10,13H,2,5,7,9,11H2,1H3,(H,17,21). The van der Waals surface area contributed by atoms with Crippen LogP contribution < -0.4 is 14.8 Å². The van der Waals surface area contributed by atoms with Gasteiger partial charge >= 0.3 is 0 Å². The molecule has 1 aromatic carbocycles. The first-order chi connectivity index (χ1) is 11.3. The predicted octanol–water partition coefficient (Wildman–Crippen LogP) is 1.04. The molecule has 2 heterocycles. The third-order valence-corrected chi connectivity index (χ3v) is 3.89. The van der Waals surface area contributed by atoms with Crippen molar-refractivity contribution in [1.82, 2.24) is 20.3 Å². The molecule has 0 fully saturated rings. The van der Waals surface area contributed by atoms with Gasteiger partial charge in [0.2, 0.25) is 5.91 Å². The van der Waals surface area contributed by atoms with Crippen LogP contribution in [0.4, 0.5) is 0 Å². The van der Waals surface area contributed by atoms with Gasteiger partial charge in [-0.2, -0.15) is 0 Å². The van der Waals surface area contributed by atoms with E-state index in [0.717, 1.165) is 30.0 Å². The lowest BCUT2D eigenvalue weighted by Gasteiger charge is -2.25. The van der Waals surface area contributed by atoms with Crippen molar-refractivity contribution in [2.24, 2.45) is 5.92 Å². The fraction of sp³-hybridized carbons (Fsp3) is 0.438. The highest BCUT2D eigenvalue weighted by atomic mass is 16.5. The molecule has 0 saturated heterocycles. The lowest BCUT2D eigenvalue weighted by Crippen LogP contribution is -2.38. The van der Waals surface area contributed by atoms with Crippen molar-refractivity contribution in [3.05, 3.63) is 36.2 Å². The highest BCUT2D eigenvalue weighted by Crippen LogP contribution is 2.30. The Morgan fingerprint density at radius 1 is 1.52 bits per heavy atom. The Bertz CT molecular complexity index is 657. The molecule has 0 bridgehead atoms. The van der Waals surface area contributed by atoms with Gasteiger partial charge in [0.15, 0.2) is 0 Å². The molecule has 1 unspecified atom stereocenters. The number of hydrogen-bond acceptors (Lipinski definition) is 5. The van der Waals surface area contributed by atoms with E-state index in [2.05, 4.69) is 15.6 Å². The third kappa shape index (κ3) is 3.80. The van der Waals surface area contributed by atoms with E-state index in [1.54, 1.807) is 18.0 Å². The largest absolute Gasteiger partial charge is 0.497 e. The molecule has 23 heavy (non-hydrogen) atoms. The fourth-order valence-corrected chi connectivity index (χ4v) is 2.60. The zero-order valence-corrected chi connectivity index (χ0v) is 13.1. The lowest BCUT2D eigenvalue weighted by atomic mass is 9.96. The van der Waals surface area contributed by atoms with E-state index in [0.29, 0.717) is 19.6 Å². The van der Waals surface area contributed by atoms with Gasteiger partial charge in [-0.05, 0) is 24.5 Å². The van der Waals surface area contributed by atoms with Crippen LogP contribution >= 0.6 is 0 Å². The van der Waals surface area contributed by atoms with Crippen LogP contribution in [-0.4, -0.2) is 41.2 Å². The summed E-state index contributed by atoms with van der Waals surface area (Å²) in [5.41, 5.74) is 1.04. The number of nitrogens with one attached hydrogen (secondary N) is 1. The van der Waals surface area contributed by atoms with E-state index in [1.807, 2.05) is 24.4 Å². The first kappa shape index (κ1) is 15.3. The number of benzene rings is 1. The maximum Gasteiger partial charge on any atom is 0.226 e. The number of aromatic nitrogens is 3. The molecule has 1 aromatic heterocycles. The number of nitrogens with zero attached hydrogens (tertiary/aromatic N) is 3. The summed E-state index contributed by atoms with van der Waals surface area (Å²) in [5, 5.41) is 10.6. The van der Waals surface area contributed by atoms with E-state index < -0.39 is 0 Å². The van der Waals surface area contributed by atoms with Crippen LogP contribution in [0.15, 0.2) is 30.6 Å². The van der Waals surface area contributed by atoms with Gasteiger partial charge in [-0.15, -0.1) is 5.10 Å². The minimum atomic E-state index is -0.151. The van der Waals surface area contributed by atoms with Gasteiger partial charge in [0.1, 0.15) is 18.1 Å². The molecule has 1 aliphatic heterocycles. The van der Waals surface area contributed by atoms with Crippen molar-refractivity contribution < 1.29 is 14.3 Å². The highest BCUT2D eigenvalue weighted by molar-refractivity contribution is 5.79. The predicted molar refractivity (Wildman–Crippen MR) is 83.3 cm³/mol. The smallest absolute Gasteiger partial charge is 0.226 e. The quantitative estimate of drug-likeness (QED) is 0.806. The zero-order chi connectivity index (χ0) is 16.1. The first-order valence-corrected chi connectivity index (χ1v) is 7.68. The maximum absolute atomic E-state index is 12.2. The number of fused-ring (bicyclic) bond motifs is 1. The Morgan fingerprint density at radius 2 is 2.43 bits per heavy atom. The van der Waals surface area contributed by atoms with Crippen LogP contribution in [0, 0.1) is 5.92 Å². The summed E-state index contributed by atoms with van der Waals surface area (Å²) in [6.07, 6.45) is 4.96. The first-order valence-electron chi connectivity index (χ1n) is 7.68. The molecule has 0 aliphatic carbocycles. The normalized spacial score (nSPS) is 16.3. The van der Waals surface area contributed by atoms with Crippen molar-refractivity contribution in [3.8, 4) is 11.5 Å². The number of methoxy groups -OCH3 is 1. The van der Waals surface area contributed by atoms with Crippen LogP contribution in [0.3, 0.4) is 0 Å². The summed E-state index contributed by atoms with van der Waals surface area (Å²) < 4.78 is 12.6. The molecular formula is C16H20N4O3. The average molecular weight is 316 g/mol. The minimum Gasteiger partial charge on any atom is -0.497 e. The molecule has 1 aliphatic rings. The molecule has 7 heteroatoms. The number of rotatable bonds is 6. The Balaban J connectivity index is 1.47. The Morgan fingerprint density at radius 3 is 3.22 bits per heavy atom. The molecule has 0 radical (unpaired) electrons. The fourth-order valence-electron chi connectivity index (χ4n) is 2.60. The number of hydrogen-bond donors (Lipinski definition) is 1. The molecule has 0 spiro atoms. The van der Waals surface area contributed by atoms with E-state index in [4.69, 9.17) is 9.47 Å². The summed E-state index contributed by atoms with van der Waals surface area (Å²) in [4.78, 5) is 12.2. The highest BCUT2D eigenvalue weighted by Gasteiger charge is 2.26. The number of carbonyl (C=O) groups is 1. The summed E-state index contributed by atoms with van der Waals surface area (Å²) in [6.45, 7) is 1.75. The Kier molecular flexibility index (Phi) is 4.75. The zero-order valence-electron chi connectivity index (χ0n) is 13.1. The third-order valence-electron chi connectivity index (χ3n) is 3.89. The summed E-state index contributed by atoms with van der Waals surface area (Å²) in [6, 6.07) is 5.71. The second kappa shape index (κ2) is 7.13. The number of ether oxygens (including phenoxy) is 2. The van der Waals surface area contributed by atoms with Gasteiger partial charge in [0.25, 0.3) is 0 Å². The van der Waals surface area contributed by atoms with E-state index in [-0.39, 0.29) is 11.8 Å². The van der Waals surface area contributed by atoms with E-state index in [1.165, 1.54) is 0 Å². The number of carbonyl (C=O) groups excluding carboxylic acids is 1. The SMILES string of the molecule is COc1ccc2c(c1)OCC(C(=O)NCCCn1ccnn1)C2. The lowest BCUT2D eigenvalue weighted by molar-refractivity contribution is -0.126. The minimum absolute atomic E-state index is 0.0325. The maximum atomic E-state index is 12.2. The van der Waals surface area contributed by atoms with Crippen molar-refractivity contribution in [3.63, 3.8) is 0 Å². The molecule has 1 N–H and O–H groups in total. The molecular weight excluding hydrogens is 296 g/mol. The molecule has 122 valence electrons. The van der Waals surface area contributed by atoms with E-state index >= 15 is 0 Å². The molecule has 1 atom stereocenters. The van der Waals surface area contributed by atoms with E-state index in [9.17, 15) is 4.79 Å². The van der Waals surface area contributed by atoms with Crippen LogP contribution in [0.25, 0.3) is 0 Å². The van der Waals surface area contributed by atoms with Gasteiger partial charge in [0, 0.05) is 25.4 Å². The van der Waals surface area contributed by atoms with Gasteiger partial charge in [-0.3, -0.25) is 9.48 Å². The summed E-state index contributed by atoms with van der Waals surface area (Å²) >= 11 is 0. The van der Waals surface area contributed by atoms with Crippen molar-refractivity contribution >= 4 is 5.91 Å². The monoisotopic (exact) mass is 316 g/mol. The average Bonchev–Trinajstić information content (AvgIpc) is 3.11. The second-order valence-corrected chi connectivity index (χ2v) is 5.50. The Labute approximate surface area is 134 Å². The second-order valence-electron chi connectivity index (χ2n) is 5.50. The van der Waals surface area contributed by atoms with Gasteiger partial charge in [-0.1, -0.05) is 11.3 Å². The van der Waals surface area contributed by atoms with Gasteiger partial charge < -0.3 is 14.8 Å². The van der Waals surface area contributed by atoms with Crippen LogP contribution in [0.5, 0.6) is 11.5 Å². The van der Waals surface area contributed by atoms with Crippen molar-refractivity contribution in [2.45, 2.75) is 19.4 Å². The Hall–Kier alpha value is -2.57. The van der Waals surface area contributed by atoms with Gasteiger partial charge in [0.05, 0.1) is 19.2 Å². The molecule has 3 rings (SSSR count). The molecule has 2 aromatic rings. The van der Waals surface area contributed by atoms with Crippen LogP contribution in [-0.2, 0) is 17.8 Å². The number of aryl methyl sites for hydroxylation is 1. The summed E-state index contributed by atoms with van der Waals surface area (Å²) in [5.74, 6) is 1.45. The van der Waals surface area contributed by atoms with Crippen molar-refractivity contribution in [1.29, 1.82) is 0 Å².